The second kappa shape index (κ2) is 6.73. The maximum atomic E-state index is 12.0. The van der Waals surface area contributed by atoms with E-state index in [-0.39, 0.29) is 5.56 Å². The first-order valence-corrected chi connectivity index (χ1v) is 8.20. The van der Waals surface area contributed by atoms with E-state index in [1.165, 1.54) is 6.42 Å². The van der Waals surface area contributed by atoms with Gasteiger partial charge in [-0.3, -0.25) is 4.79 Å². The summed E-state index contributed by atoms with van der Waals surface area (Å²) in [6.07, 6.45) is 5.06. The van der Waals surface area contributed by atoms with Gasteiger partial charge in [-0.15, -0.1) is 0 Å². The van der Waals surface area contributed by atoms with E-state index in [4.69, 9.17) is 9.72 Å². The minimum atomic E-state index is -0.404. The summed E-state index contributed by atoms with van der Waals surface area (Å²) in [6.45, 7) is 9.19. The number of hydrogen-bond donors (Lipinski definition) is 1. The molecule has 1 N–H and O–H groups in total. The lowest BCUT2D eigenvalue weighted by atomic mass is 9.78. The molecule has 1 saturated carbocycles. The van der Waals surface area contributed by atoms with Gasteiger partial charge in [-0.2, -0.15) is 0 Å². The molecule has 2 rings (SSSR count). The zero-order valence-corrected chi connectivity index (χ0v) is 13.7. The number of hydrogen-bond acceptors (Lipinski definition) is 3. The van der Waals surface area contributed by atoms with Gasteiger partial charge in [0.1, 0.15) is 11.4 Å². The van der Waals surface area contributed by atoms with Gasteiger partial charge >= 0.3 is 0 Å². The van der Waals surface area contributed by atoms with Crippen molar-refractivity contribution in [2.45, 2.75) is 65.4 Å². The Balaban J connectivity index is 2.40. The van der Waals surface area contributed by atoms with Crippen LogP contribution in [0, 0.1) is 11.8 Å². The highest BCUT2D eigenvalue weighted by Gasteiger charge is 2.39. The van der Waals surface area contributed by atoms with E-state index < -0.39 is 5.60 Å². The third-order valence-corrected chi connectivity index (χ3v) is 4.22. The quantitative estimate of drug-likeness (QED) is 0.904. The van der Waals surface area contributed by atoms with Crippen LogP contribution in [-0.4, -0.2) is 16.6 Å². The summed E-state index contributed by atoms with van der Waals surface area (Å²) in [5, 5.41) is 0. The molecule has 1 aliphatic carbocycles. The van der Waals surface area contributed by atoms with Crippen LogP contribution in [0.5, 0.6) is 0 Å². The number of nitrogens with one attached hydrogen (secondary N) is 1. The maximum Gasteiger partial charge on any atom is 0.251 e. The summed E-state index contributed by atoms with van der Waals surface area (Å²) in [7, 11) is 0. The molecule has 2 unspecified atom stereocenters. The van der Waals surface area contributed by atoms with E-state index in [2.05, 4.69) is 25.8 Å². The summed E-state index contributed by atoms with van der Waals surface area (Å²) in [4.78, 5) is 19.7. The molecule has 1 aliphatic rings. The van der Waals surface area contributed by atoms with Crippen LogP contribution in [-0.2, 0) is 16.8 Å². The number of aromatic amines is 1. The third-order valence-electron chi connectivity index (χ3n) is 4.22. The molecule has 1 heterocycles. The van der Waals surface area contributed by atoms with Crippen molar-refractivity contribution in [1.82, 2.24) is 9.97 Å². The van der Waals surface area contributed by atoms with Crippen molar-refractivity contribution in [2.75, 3.05) is 6.61 Å². The van der Waals surface area contributed by atoms with Crippen molar-refractivity contribution in [3.05, 3.63) is 27.9 Å². The average molecular weight is 292 g/mol. The van der Waals surface area contributed by atoms with Gasteiger partial charge < -0.3 is 9.72 Å². The number of rotatable bonds is 5. The summed E-state index contributed by atoms with van der Waals surface area (Å²) in [5.41, 5.74) is 0.410. The topological polar surface area (TPSA) is 55.0 Å². The van der Waals surface area contributed by atoms with Crippen molar-refractivity contribution >= 4 is 0 Å². The van der Waals surface area contributed by atoms with Crippen molar-refractivity contribution in [3.63, 3.8) is 0 Å². The molecule has 0 aliphatic heterocycles. The zero-order valence-electron chi connectivity index (χ0n) is 13.7. The van der Waals surface area contributed by atoms with E-state index in [1.54, 1.807) is 6.07 Å². The monoisotopic (exact) mass is 292 g/mol. The van der Waals surface area contributed by atoms with Gasteiger partial charge in [0.2, 0.25) is 0 Å². The van der Waals surface area contributed by atoms with Crippen LogP contribution >= 0.6 is 0 Å². The Morgan fingerprint density at radius 2 is 2.29 bits per heavy atom. The van der Waals surface area contributed by atoms with Crippen LogP contribution in [0.3, 0.4) is 0 Å². The second-order valence-electron chi connectivity index (χ2n) is 6.81. The van der Waals surface area contributed by atoms with E-state index in [1.807, 2.05) is 6.92 Å². The lowest BCUT2D eigenvalue weighted by Gasteiger charge is -2.38. The lowest BCUT2D eigenvalue weighted by molar-refractivity contribution is -0.0883. The number of ether oxygens (including phenoxy) is 1. The largest absolute Gasteiger partial charge is 0.367 e. The maximum absolute atomic E-state index is 12.0. The van der Waals surface area contributed by atoms with Crippen LogP contribution in [0.1, 0.15) is 64.9 Å². The molecule has 0 amide bonds. The molecule has 118 valence electrons. The fourth-order valence-corrected chi connectivity index (χ4v) is 3.44. The van der Waals surface area contributed by atoms with Gasteiger partial charge in [-0.25, -0.2) is 4.98 Å². The van der Waals surface area contributed by atoms with E-state index in [9.17, 15) is 4.79 Å². The predicted molar refractivity (Wildman–Crippen MR) is 84.3 cm³/mol. The predicted octanol–water partition coefficient (Wildman–Crippen LogP) is 3.41. The zero-order chi connectivity index (χ0) is 15.5. The standard InChI is InChI=1S/C17H28N2O2/c1-5-21-17(8-6-7-13(4)11-17)16-18-14(9-12(2)3)10-15(20)19-16/h10,12-13H,5-9,11H2,1-4H3,(H,18,19,20). The minimum Gasteiger partial charge on any atom is -0.367 e. The van der Waals surface area contributed by atoms with Crippen LogP contribution in [0.25, 0.3) is 0 Å². The van der Waals surface area contributed by atoms with Gasteiger partial charge in [0.25, 0.3) is 5.56 Å². The van der Waals surface area contributed by atoms with Gasteiger partial charge in [-0.05, 0) is 44.4 Å². The lowest BCUT2D eigenvalue weighted by Crippen LogP contribution is -2.38. The molecular formula is C17H28N2O2. The molecule has 0 saturated heterocycles. The number of H-pyrrole nitrogens is 1. The summed E-state index contributed by atoms with van der Waals surface area (Å²) >= 11 is 0. The highest BCUT2D eigenvalue weighted by Crippen LogP contribution is 2.41. The molecule has 0 aromatic carbocycles. The summed E-state index contributed by atoms with van der Waals surface area (Å²) in [6, 6.07) is 1.62. The van der Waals surface area contributed by atoms with Gasteiger partial charge in [-0.1, -0.05) is 27.2 Å². The summed E-state index contributed by atoms with van der Waals surface area (Å²) in [5.74, 6) is 1.82. The van der Waals surface area contributed by atoms with Gasteiger partial charge in [0, 0.05) is 18.4 Å². The molecule has 1 fully saturated rings. The Kier molecular flexibility index (Phi) is 5.20. The normalized spacial score (nSPS) is 26.2. The molecule has 4 nitrogen and oxygen atoms in total. The van der Waals surface area contributed by atoms with Crippen LogP contribution in [0.15, 0.2) is 10.9 Å². The van der Waals surface area contributed by atoms with Crippen molar-refractivity contribution < 1.29 is 4.74 Å². The Morgan fingerprint density at radius 3 is 2.90 bits per heavy atom. The average Bonchev–Trinajstić information content (AvgIpc) is 2.37. The fraction of sp³-hybridized carbons (Fsp3) is 0.765. The minimum absolute atomic E-state index is 0.0621. The number of nitrogens with zero attached hydrogens (tertiary/aromatic N) is 1. The first-order chi connectivity index (χ1) is 9.95. The number of aromatic nitrogens is 2. The molecule has 1 aromatic heterocycles. The molecular weight excluding hydrogens is 264 g/mol. The first kappa shape index (κ1) is 16.2. The van der Waals surface area contributed by atoms with Crippen molar-refractivity contribution in [2.24, 2.45) is 11.8 Å². The fourth-order valence-electron chi connectivity index (χ4n) is 3.44. The molecule has 21 heavy (non-hydrogen) atoms. The van der Waals surface area contributed by atoms with Gasteiger partial charge in [0.15, 0.2) is 0 Å². The first-order valence-electron chi connectivity index (χ1n) is 8.20. The second-order valence-corrected chi connectivity index (χ2v) is 6.81. The Labute approximate surface area is 127 Å². The van der Waals surface area contributed by atoms with Crippen molar-refractivity contribution in [1.29, 1.82) is 0 Å². The van der Waals surface area contributed by atoms with Crippen molar-refractivity contribution in [3.8, 4) is 0 Å². The molecule has 1 aromatic rings. The molecule has 4 heteroatoms. The van der Waals surface area contributed by atoms with Gasteiger partial charge in [0.05, 0.1) is 0 Å². The Hall–Kier alpha value is -1.16. The molecule has 0 radical (unpaired) electrons. The molecule has 0 bridgehead atoms. The van der Waals surface area contributed by atoms with Crippen LogP contribution in [0.4, 0.5) is 0 Å². The Bertz CT molecular complexity index is 520. The van der Waals surface area contributed by atoms with Crippen LogP contribution in [0.2, 0.25) is 0 Å². The summed E-state index contributed by atoms with van der Waals surface area (Å²) < 4.78 is 6.11. The van der Waals surface area contributed by atoms with Crippen LogP contribution < -0.4 is 5.56 Å². The smallest absolute Gasteiger partial charge is 0.251 e. The third kappa shape index (κ3) is 3.94. The highest BCUT2D eigenvalue weighted by molar-refractivity contribution is 5.11. The molecule has 0 spiro atoms. The van der Waals surface area contributed by atoms with E-state index in [0.29, 0.717) is 18.4 Å². The van der Waals surface area contributed by atoms with E-state index >= 15 is 0 Å². The molecule has 2 atom stereocenters. The highest BCUT2D eigenvalue weighted by atomic mass is 16.5. The van der Waals surface area contributed by atoms with E-state index in [0.717, 1.165) is 37.2 Å². The Morgan fingerprint density at radius 1 is 1.52 bits per heavy atom. The SMILES string of the molecule is CCOC1(c2nc(CC(C)C)cc(=O)[nH]2)CCCC(C)C1.